The van der Waals surface area contributed by atoms with Gasteiger partial charge in [0.05, 0.1) is 5.92 Å². The predicted molar refractivity (Wildman–Crippen MR) is 126 cm³/mol. The van der Waals surface area contributed by atoms with Gasteiger partial charge in [-0.1, -0.05) is 77.3 Å². The van der Waals surface area contributed by atoms with Gasteiger partial charge < -0.3 is 4.74 Å². The van der Waals surface area contributed by atoms with Crippen molar-refractivity contribution in [2.45, 2.75) is 110 Å². The van der Waals surface area contributed by atoms with E-state index in [1.165, 1.54) is 82.6 Å². The van der Waals surface area contributed by atoms with Crippen molar-refractivity contribution >= 4 is 5.97 Å². The van der Waals surface area contributed by atoms with Crippen LogP contribution in [-0.4, -0.2) is 5.97 Å². The van der Waals surface area contributed by atoms with Gasteiger partial charge in [-0.25, -0.2) is 0 Å². The molecule has 0 spiro atoms. The minimum absolute atomic E-state index is 0.00723. The fourth-order valence-corrected chi connectivity index (χ4v) is 5.80. The molecule has 30 heavy (non-hydrogen) atoms. The predicted octanol–water partition coefficient (Wildman–Crippen LogP) is 8.13. The molecule has 2 saturated carbocycles. The summed E-state index contributed by atoms with van der Waals surface area (Å²) in [5, 5.41) is 0. The number of benzene rings is 1. The van der Waals surface area contributed by atoms with E-state index < -0.39 is 0 Å². The van der Waals surface area contributed by atoms with E-state index in [1.54, 1.807) is 0 Å². The zero-order valence-electron chi connectivity index (χ0n) is 19.5. The van der Waals surface area contributed by atoms with Crippen molar-refractivity contribution in [2.24, 2.45) is 23.7 Å². The monoisotopic (exact) mass is 412 g/mol. The molecule has 0 N–H and O–H groups in total. The lowest BCUT2D eigenvalue weighted by Gasteiger charge is -2.41. The zero-order valence-corrected chi connectivity index (χ0v) is 19.5. The molecule has 0 amide bonds. The Labute approximate surface area is 185 Å². The van der Waals surface area contributed by atoms with Crippen molar-refractivity contribution in [3.63, 3.8) is 0 Å². The molecule has 2 nitrogen and oxygen atoms in total. The van der Waals surface area contributed by atoms with Gasteiger partial charge in [-0.05, 0) is 80.4 Å². The smallest absolute Gasteiger partial charge is 0.314 e. The van der Waals surface area contributed by atoms with E-state index in [9.17, 15) is 4.79 Å². The van der Waals surface area contributed by atoms with Crippen LogP contribution in [0.1, 0.15) is 109 Å². The van der Waals surface area contributed by atoms with Gasteiger partial charge >= 0.3 is 5.97 Å². The minimum Gasteiger partial charge on any atom is -0.426 e. The number of rotatable bonds is 11. The Morgan fingerprint density at radius 2 is 1.53 bits per heavy atom. The Hall–Kier alpha value is -1.31. The lowest BCUT2D eigenvalue weighted by Crippen LogP contribution is -2.35. The van der Waals surface area contributed by atoms with Gasteiger partial charge in [-0.2, -0.15) is 0 Å². The van der Waals surface area contributed by atoms with Crippen LogP contribution in [0.2, 0.25) is 0 Å². The Balaban J connectivity index is 1.39. The van der Waals surface area contributed by atoms with Crippen LogP contribution in [0.5, 0.6) is 5.75 Å². The first kappa shape index (κ1) is 23.4. The Bertz CT molecular complexity index is 620. The minimum atomic E-state index is 0.00723. The quantitative estimate of drug-likeness (QED) is 0.208. The number of esters is 1. The first-order valence-corrected chi connectivity index (χ1v) is 13.0. The first-order chi connectivity index (χ1) is 14.7. The van der Waals surface area contributed by atoms with Crippen molar-refractivity contribution in [1.29, 1.82) is 0 Å². The summed E-state index contributed by atoms with van der Waals surface area (Å²) in [6.07, 6.45) is 19.4. The summed E-state index contributed by atoms with van der Waals surface area (Å²) in [5.41, 5.74) is 1.33. The summed E-state index contributed by atoms with van der Waals surface area (Å²) in [5.74, 6) is 3.39. The highest BCUT2D eigenvalue weighted by atomic mass is 16.5. The van der Waals surface area contributed by atoms with Gasteiger partial charge in [-0.3, -0.25) is 4.79 Å². The number of unbranched alkanes of at least 4 members (excludes halogenated alkanes) is 5. The molecule has 1 aromatic carbocycles. The number of carbonyl (C=O) groups is 1. The molecular formula is C28H44O2. The second kappa shape index (κ2) is 12.5. The van der Waals surface area contributed by atoms with Crippen molar-refractivity contribution in [1.82, 2.24) is 0 Å². The highest BCUT2D eigenvalue weighted by molar-refractivity contribution is 5.75. The van der Waals surface area contributed by atoms with Gasteiger partial charge in [0, 0.05) is 0 Å². The standard InChI is InChI=1S/C28H44O2/c1-3-5-7-8-9-11-23-12-15-25-21-26(17-16-24(25)20-23)28(29)30-27-18-13-22(14-19-27)10-6-4-2/h13-14,18-19,23-26H,3-12,15-17,20-21H2,1-2H3. The van der Waals surface area contributed by atoms with Crippen LogP contribution < -0.4 is 4.74 Å². The summed E-state index contributed by atoms with van der Waals surface area (Å²) in [6.45, 7) is 4.50. The van der Waals surface area contributed by atoms with Crippen molar-refractivity contribution in [3.8, 4) is 5.75 Å². The second-order valence-corrected chi connectivity index (χ2v) is 10.1. The number of hydrogen-bond acceptors (Lipinski definition) is 2. The highest BCUT2D eigenvalue weighted by Crippen LogP contribution is 2.46. The van der Waals surface area contributed by atoms with Gasteiger partial charge in [0.2, 0.25) is 0 Å². The topological polar surface area (TPSA) is 26.3 Å². The second-order valence-electron chi connectivity index (χ2n) is 10.1. The molecule has 0 heterocycles. The van der Waals surface area contributed by atoms with Gasteiger partial charge in [0.1, 0.15) is 5.75 Å². The summed E-state index contributed by atoms with van der Waals surface area (Å²) in [6, 6.07) is 8.16. The van der Waals surface area contributed by atoms with E-state index in [2.05, 4.69) is 26.0 Å². The number of aryl methyl sites for hydroxylation is 1. The number of carbonyl (C=O) groups excluding carboxylic acids is 1. The molecule has 3 rings (SSSR count). The van der Waals surface area contributed by atoms with Crippen LogP contribution >= 0.6 is 0 Å². The summed E-state index contributed by atoms with van der Waals surface area (Å²) in [7, 11) is 0. The van der Waals surface area contributed by atoms with E-state index in [0.29, 0.717) is 5.75 Å². The maximum absolute atomic E-state index is 12.8. The average molecular weight is 413 g/mol. The van der Waals surface area contributed by atoms with Crippen molar-refractivity contribution < 1.29 is 9.53 Å². The van der Waals surface area contributed by atoms with Crippen LogP contribution in [0, 0.1) is 23.7 Å². The SMILES string of the molecule is CCCCCCCC1CCC2CC(C(=O)Oc3ccc(CCCC)cc3)CCC2C1. The van der Waals surface area contributed by atoms with Crippen molar-refractivity contribution in [2.75, 3.05) is 0 Å². The molecule has 2 aliphatic carbocycles. The third kappa shape index (κ3) is 7.13. The van der Waals surface area contributed by atoms with Crippen molar-refractivity contribution in [3.05, 3.63) is 29.8 Å². The molecule has 0 aliphatic heterocycles. The van der Waals surface area contributed by atoms with E-state index >= 15 is 0 Å². The molecule has 2 heteroatoms. The number of hydrogen-bond donors (Lipinski definition) is 0. The maximum Gasteiger partial charge on any atom is 0.314 e. The fraction of sp³-hybridized carbons (Fsp3) is 0.750. The molecule has 1 aromatic rings. The van der Waals surface area contributed by atoms with Crippen LogP contribution in [0.15, 0.2) is 24.3 Å². The average Bonchev–Trinajstić information content (AvgIpc) is 2.78. The molecular weight excluding hydrogens is 368 g/mol. The Morgan fingerprint density at radius 1 is 0.833 bits per heavy atom. The lowest BCUT2D eigenvalue weighted by molar-refractivity contribution is -0.141. The van der Waals surface area contributed by atoms with Gasteiger partial charge in [-0.15, -0.1) is 0 Å². The van der Waals surface area contributed by atoms with Crippen LogP contribution in [0.25, 0.3) is 0 Å². The van der Waals surface area contributed by atoms with E-state index in [0.717, 1.165) is 37.0 Å². The maximum atomic E-state index is 12.8. The normalized spacial score (nSPS) is 26.2. The third-order valence-corrected chi connectivity index (χ3v) is 7.73. The molecule has 4 unspecified atom stereocenters. The molecule has 2 fully saturated rings. The molecule has 0 saturated heterocycles. The lowest BCUT2D eigenvalue weighted by atomic mass is 9.64. The summed E-state index contributed by atoms with van der Waals surface area (Å²) >= 11 is 0. The third-order valence-electron chi connectivity index (χ3n) is 7.73. The van der Waals surface area contributed by atoms with Crippen LogP contribution in [-0.2, 0) is 11.2 Å². The first-order valence-electron chi connectivity index (χ1n) is 13.0. The molecule has 4 atom stereocenters. The van der Waals surface area contributed by atoms with E-state index in [4.69, 9.17) is 4.74 Å². The molecule has 0 aromatic heterocycles. The number of ether oxygens (including phenoxy) is 1. The number of fused-ring (bicyclic) bond motifs is 1. The zero-order chi connectivity index (χ0) is 21.2. The Kier molecular flexibility index (Phi) is 9.75. The molecule has 0 radical (unpaired) electrons. The fourth-order valence-electron chi connectivity index (χ4n) is 5.80. The Morgan fingerprint density at radius 3 is 2.30 bits per heavy atom. The van der Waals surface area contributed by atoms with Gasteiger partial charge in [0.25, 0.3) is 0 Å². The highest BCUT2D eigenvalue weighted by Gasteiger charge is 2.38. The van der Waals surface area contributed by atoms with Gasteiger partial charge in [0.15, 0.2) is 0 Å². The molecule has 2 aliphatic rings. The van der Waals surface area contributed by atoms with Crippen LogP contribution in [0.4, 0.5) is 0 Å². The molecule has 168 valence electrons. The molecule has 0 bridgehead atoms. The summed E-state index contributed by atoms with van der Waals surface area (Å²) in [4.78, 5) is 12.8. The largest absolute Gasteiger partial charge is 0.426 e. The van der Waals surface area contributed by atoms with E-state index in [-0.39, 0.29) is 11.9 Å². The summed E-state index contributed by atoms with van der Waals surface area (Å²) < 4.78 is 5.76. The van der Waals surface area contributed by atoms with E-state index in [1.807, 2.05) is 12.1 Å². The van der Waals surface area contributed by atoms with Crippen LogP contribution in [0.3, 0.4) is 0 Å².